The van der Waals surface area contributed by atoms with Crippen LogP contribution in [-0.4, -0.2) is 50.0 Å². The highest BCUT2D eigenvalue weighted by Crippen LogP contribution is 2.25. The minimum absolute atomic E-state index is 0.0485. The Bertz CT molecular complexity index is 1170. The van der Waals surface area contributed by atoms with Gasteiger partial charge < -0.3 is 10.2 Å². The van der Waals surface area contributed by atoms with Crippen LogP contribution < -0.4 is 9.62 Å². The maximum atomic E-state index is 13.5. The normalized spacial score (nSPS) is 12.4. The smallest absolute Gasteiger partial charge is 0.244 e. The van der Waals surface area contributed by atoms with Crippen molar-refractivity contribution in [1.82, 2.24) is 10.2 Å². The fourth-order valence-corrected chi connectivity index (χ4v) is 4.48. The summed E-state index contributed by atoms with van der Waals surface area (Å²) in [4.78, 5) is 27.6. The van der Waals surface area contributed by atoms with Crippen molar-refractivity contribution in [2.24, 2.45) is 0 Å². The van der Waals surface area contributed by atoms with Gasteiger partial charge in [0.2, 0.25) is 21.8 Å². The van der Waals surface area contributed by atoms with Crippen LogP contribution in [0.3, 0.4) is 0 Å². The molecule has 0 saturated heterocycles. The van der Waals surface area contributed by atoms with E-state index in [2.05, 4.69) is 5.32 Å². The summed E-state index contributed by atoms with van der Waals surface area (Å²) in [5, 5.41) is 3.49. The third-order valence-electron chi connectivity index (χ3n) is 5.39. The molecule has 0 aliphatic heterocycles. The number of aryl methyl sites for hydroxylation is 2. The SMILES string of the molecule is Cc1ccc(N(CC(=O)N(Cc2ccc(Cl)c(Cl)c2)[C@@H](C)C(=O)NC(C)C)S(C)(=O)=O)cc1C. The molecule has 2 aromatic rings. The zero-order chi connectivity index (χ0) is 25.8. The molecule has 0 fully saturated rings. The number of nitrogens with zero attached hydrogens (tertiary/aromatic N) is 2. The molecule has 186 valence electrons. The molecule has 0 aliphatic carbocycles. The highest BCUT2D eigenvalue weighted by molar-refractivity contribution is 7.92. The zero-order valence-corrected chi connectivity index (χ0v) is 22.6. The highest BCUT2D eigenvalue weighted by Gasteiger charge is 2.30. The van der Waals surface area contributed by atoms with Crippen molar-refractivity contribution in [3.63, 3.8) is 0 Å². The van der Waals surface area contributed by atoms with Gasteiger partial charge >= 0.3 is 0 Å². The predicted octanol–water partition coefficient (Wildman–Crippen LogP) is 4.32. The van der Waals surface area contributed by atoms with Gasteiger partial charge in [-0.2, -0.15) is 0 Å². The number of benzene rings is 2. The van der Waals surface area contributed by atoms with E-state index in [1.807, 2.05) is 27.7 Å². The van der Waals surface area contributed by atoms with Crippen LogP contribution in [0.2, 0.25) is 10.0 Å². The second kappa shape index (κ2) is 11.4. The first-order valence-corrected chi connectivity index (χ1v) is 13.4. The number of amides is 2. The summed E-state index contributed by atoms with van der Waals surface area (Å²) >= 11 is 12.1. The van der Waals surface area contributed by atoms with Crippen LogP contribution in [0.1, 0.15) is 37.5 Å². The fourth-order valence-electron chi connectivity index (χ4n) is 3.32. The van der Waals surface area contributed by atoms with Crippen molar-refractivity contribution in [1.29, 1.82) is 0 Å². The van der Waals surface area contributed by atoms with Crippen LogP contribution in [0, 0.1) is 13.8 Å². The van der Waals surface area contributed by atoms with Crippen LogP contribution >= 0.6 is 23.2 Å². The van der Waals surface area contributed by atoms with Crippen molar-refractivity contribution >= 4 is 50.7 Å². The number of hydrogen-bond donors (Lipinski definition) is 1. The number of sulfonamides is 1. The van der Waals surface area contributed by atoms with E-state index in [0.29, 0.717) is 21.3 Å². The Hall–Kier alpha value is -2.29. The molecular formula is C24H31Cl2N3O4S. The Balaban J connectivity index is 2.43. The molecule has 2 rings (SSSR count). The van der Waals surface area contributed by atoms with E-state index in [4.69, 9.17) is 23.2 Å². The molecule has 0 aromatic heterocycles. The molecule has 0 aliphatic rings. The van der Waals surface area contributed by atoms with Gasteiger partial charge in [0.25, 0.3) is 0 Å². The van der Waals surface area contributed by atoms with Crippen molar-refractivity contribution in [2.75, 3.05) is 17.1 Å². The molecule has 1 atom stereocenters. The lowest BCUT2D eigenvalue weighted by atomic mass is 10.1. The minimum atomic E-state index is -3.78. The van der Waals surface area contributed by atoms with E-state index in [0.717, 1.165) is 21.7 Å². The second-order valence-corrected chi connectivity index (χ2v) is 11.4. The predicted molar refractivity (Wildman–Crippen MR) is 138 cm³/mol. The van der Waals surface area contributed by atoms with Gasteiger partial charge in [-0.15, -0.1) is 0 Å². The van der Waals surface area contributed by atoms with Crippen LogP contribution in [0.25, 0.3) is 0 Å². The van der Waals surface area contributed by atoms with E-state index in [9.17, 15) is 18.0 Å². The summed E-state index contributed by atoms with van der Waals surface area (Å²) in [5.41, 5.74) is 2.94. The summed E-state index contributed by atoms with van der Waals surface area (Å²) in [6.07, 6.45) is 1.05. The molecular weight excluding hydrogens is 497 g/mol. The first-order chi connectivity index (χ1) is 15.7. The molecule has 0 saturated carbocycles. The molecule has 0 spiro atoms. The van der Waals surface area contributed by atoms with Gasteiger partial charge in [0.05, 0.1) is 22.0 Å². The highest BCUT2D eigenvalue weighted by atomic mass is 35.5. The standard InChI is InChI=1S/C24H31Cl2N3O4S/c1-15(2)27-24(31)18(5)28(13-19-8-10-21(25)22(26)12-19)23(30)14-29(34(6,32)33)20-9-7-16(3)17(4)11-20/h7-12,15,18H,13-14H2,1-6H3,(H,27,31)/t18-/m0/s1. The number of rotatable bonds is 9. The lowest BCUT2D eigenvalue weighted by Gasteiger charge is -2.32. The number of hydrogen-bond acceptors (Lipinski definition) is 4. The van der Waals surface area contributed by atoms with Crippen molar-refractivity contribution in [3.8, 4) is 0 Å². The average molecular weight is 529 g/mol. The zero-order valence-electron chi connectivity index (χ0n) is 20.2. The van der Waals surface area contributed by atoms with Gasteiger partial charge in [0, 0.05) is 12.6 Å². The fraction of sp³-hybridized carbons (Fsp3) is 0.417. The molecule has 0 radical (unpaired) electrons. The van der Waals surface area contributed by atoms with Crippen LogP contribution in [0.5, 0.6) is 0 Å². The Labute approximate surface area is 212 Å². The summed E-state index contributed by atoms with van der Waals surface area (Å²) in [5.74, 6) is -0.873. The number of carbonyl (C=O) groups is 2. The molecule has 34 heavy (non-hydrogen) atoms. The Kier molecular flexibility index (Phi) is 9.39. The first-order valence-electron chi connectivity index (χ1n) is 10.8. The largest absolute Gasteiger partial charge is 0.352 e. The van der Waals surface area contributed by atoms with E-state index >= 15 is 0 Å². The maximum Gasteiger partial charge on any atom is 0.244 e. The molecule has 2 aromatic carbocycles. The molecule has 1 N–H and O–H groups in total. The van der Waals surface area contributed by atoms with Gasteiger partial charge in [0.15, 0.2) is 0 Å². The topological polar surface area (TPSA) is 86.8 Å². The maximum absolute atomic E-state index is 13.5. The number of carbonyl (C=O) groups excluding carboxylic acids is 2. The summed E-state index contributed by atoms with van der Waals surface area (Å²) in [7, 11) is -3.78. The van der Waals surface area contributed by atoms with E-state index in [1.54, 1.807) is 43.3 Å². The number of nitrogens with one attached hydrogen (secondary N) is 1. The van der Waals surface area contributed by atoms with Crippen molar-refractivity contribution in [2.45, 2.75) is 53.2 Å². The average Bonchev–Trinajstić information content (AvgIpc) is 2.72. The van der Waals surface area contributed by atoms with E-state index < -0.39 is 28.5 Å². The summed E-state index contributed by atoms with van der Waals surface area (Å²) in [6.45, 7) is 8.63. The van der Waals surface area contributed by atoms with E-state index in [-0.39, 0.29) is 18.5 Å². The minimum Gasteiger partial charge on any atom is -0.352 e. The molecule has 0 heterocycles. The van der Waals surface area contributed by atoms with E-state index in [1.165, 1.54) is 4.90 Å². The van der Waals surface area contributed by atoms with Crippen molar-refractivity contribution in [3.05, 3.63) is 63.1 Å². The van der Waals surface area contributed by atoms with Gasteiger partial charge in [-0.1, -0.05) is 35.3 Å². The van der Waals surface area contributed by atoms with Crippen LogP contribution in [0.15, 0.2) is 36.4 Å². The summed E-state index contributed by atoms with van der Waals surface area (Å²) < 4.78 is 26.3. The second-order valence-electron chi connectivity index (χ2n) is 8.65. The molecule has 0 unspecified atom stereocenters. The monoisotopic (exact) mass is 527 g/mol. The lowest BCUT2D eigenvalue weighted by molar-refractivity contribution is -0.139. The molecule has 7 nitrogen and oxygen atoms in total. The quantitative estimate of drug-likeness (QED) is 0.526. The molecule has 0 bridgehead atoms. The van der Waals surface area contributed by atoms with Crippen molar-refractivity contribution < 1.29 is 18.0 Å². The molecule has 10 heteroatoms. The third-order valence-corrected chi connectivity index (χ3v) is 7.27. The lowest BCUT2D eigenvalue weighted by Crippen LogP contribution is -2.52. The Morgan fingerprint density at radius 3 is 2.15 bits per heavy atom. The van der Waals surface area contributed by atoms with Crippen LogP contribution in [0.4, 0.5) is 5.69 Å². The first kappa shape index (κ1) is 28.0. The molecule has 2 amide bonds. The van der Waals surface area contributed by atoms with Gasteiger partial charge in [-0.05, 0) is 75.6 Å². The summed E-state index contributed by atoms with van der Waals surface area (Å²) in [6, 6.07) is 9.15. The third kappa shape index (κ3) is 7.35. The van der Waals surface area contributed by atoms with Gasteiger partial charge in [0.1, 0.15) is 12.6 Å². The Morgan fingerprint density at radius 2 is 1.62 bits per heavy atom. The number of halogens is 2. The Morgan fingerprint density at radius 1 is 0.971 bits per heavy atom. The van der Waals surface area contributed by atoms with Gasteiger partial charge in [-0.3, -0.25) is 13.9 Å². The van der Waals surface area contributed by atoms with Gasteiger partial charge in [-0.25, -0.2) is 8.42 Å². The van der Waals surface area contributed by atoms with Crippen LogP contribution in [-0.2, 0) is 26.2 Å². The number of anilines is 1.